The lowest BCUT2D eigenvalue weighted by Crippen LogP contribution is -2.03. The van der Waals surface area contributed by atoms with E-state index in [9.17, 15) is 0 Å². The van der Waals surface area contributed by atoms with Crippen LogP contribution in [-0.2, 0) is 12.8 Å². The van der Waals surface area contributed by atoms with Crippen molar-refractivity contribution >= 4 is 16.7 Å². The summed E-state index contributed by atoms with van der Waals surface area (Å²) in [4.78, 5) is 9.57. The Bertz CT molecular complexity index is 549. The fourth-order valence-electron chi connectivity index (χ4n) is 2.23. The van der Waals surface area contributed by atoms with Gasteiger partial charge in [-0.05, 0) is 43.9 Å². The average Bonchev–Trinajstić information content (AvgIpc) is 2.42. The van der Waals surface area contributed by atoms with Crippen LogP contribution in [0.3, 0.4) is 0 Å². The summed E-state index contributed by atoms with van der Waals surface area (Å²) in [5.74, 6) is 0. The second kappa shape index (κ2) is 6.50. The van der Waals surface area contributed by atoms with Gasteiger partial charge in [-0.1, -0.05) is 26.7 Å². The van der Waals surface area contributed by atoms with Gasteiger partial charge < -0.3 is 5.73 Å². The van der Waals surface area contributed by atoms with E-state index in [2.05, 4.69) is 13.8 Å². The van der Waals surface area contributed by atoms with Crippen LogP contribution in [0, 0.1) is 0 Å². The predicted octanol–water partition coefficient (Wildman–Crippen LogP) is 3.90. The molecular weight excluding hydrogens is 234 g/mol. The molecule has 19 heavy (non-hydrogen) atoms. The average molecular weight is 257 g/mol. The van der Waals surface area contributed by atoms with Gasteiger partial charge in [-0.3, -0.25) is 0 Å². The molecule has 3 heteroatoms. The van der Waals surface area contributed by atoms with Gasteiger partial charge >= 0.3 is 0 Å². The van der Waals surface area contributed by atoms with Crippen LogP contribution in [0.1, 0.15) is 50.9 Å². The number of nitrogens with zero attached hydrogens (tertiary/aromatic N) is 2. The molecule has 1 aromatic heterocycles. The number of hydrogen-bond acceptors (Lipinski definition) is 3. The van der Waals surface area contributed by atoms with Crippen LogP contribution in [0.2, 0.25) is 0 Å². The topological polar surface area (TPSA) is 51.8 Å². The van der Waals surface area contributed by atoms with Gasteiger partial charge in [0.2, 0.25) is 0 Å². The lowest BCUT2D eigenvalue weighted by atomic mass is 10.1. The Morgan fingerprint density at radius 2 is 1.47 bits per heavy atom. The molecule has 0 amide bonds. The number of aromatic nitrogens is 2. The highest BCUT2D eigenvalue weighted by Gasteiger charge is 2.08. The van der Waals surface area contributed by atoms with Crippen molar-refractivity contribution in [3.05, 3.63) is 29.6 Å². The minimum absolute atomic E-state index is 0.754. The van der Waals surface area contributed by atoms with Crippen molar-refractivity contribution < 1.29 is 0 Å². The van der Waals surface area contributed by atoms with Crippen molar-refractivity contribution in [1.29, 1.82) is 0 Å². The number of anilines is 1. The molecule has 0 aliphatic carbocycles. The molecule has 0 aliphatic heterocycles. The van der Waals surface area contributed by atoms with E-state index in [1.807, 2.05) is 18.2 Å². The lowest BCUT2D eigenvalue weighted by Gasteiger charge is -2.09. The predicted molar refractivity (Wildman–Crippen MR) is 81.2 cm³/mol. The van der Waals surface area contributed by atoms with Crippen molar-refractivity contribution in [2.75, 3.05) is 5.73 Å². The zero-order valence-electron chi connectivity index (χ0n) is 11.9. The van der Waals surface area contributed by atoms with Gasteiger partial charge in [0.1, 0.15) is 0 Å². The van der Waals surface area contributed by atoms with Crippen molar-refractivity contribution in [3.8, 4) is 0 Å². The van der Waals surface area contributed by atoms with E-state index in [1.54, 1.807) is 0 Å². The van der Waals surface area contributed by atoms with Crippen LogP contribution in [0.4, 0.5) is 5.69 Å². The summed E-state index contributed by atoms with van der Waals surface area (Å²) in [7, 11) is 0. The number of aryl methyl sites for hydroxylation is 2. The normalized spacial score (nSPS) is 11.1. The largest absolute Gasteiger partial charge is 0.399 e. The third-order valence-corrected chi connectivity index (χ3v) is 3.38. The van der Waals surface area contributed by atoms with E-state index < -0.39 is 0 Å². The Morgan fingerprint density at radius 1 is 0.895 bits per heavy atom. The molecule has 0 bridgehead atoms. The molecule has 2 rings (SSSR count). The standard InChI is InChI=1S/C16H23N3/c1-3-5-7-13-14(8-6-4-2)19-16-11-12(17)9-10-15(16)18-13/h9-11H,3-8,17H2,1-2H3. The van der Waals surface area contributed by atoms with E-state index in [1.165, 1.54) is 31.4 Å². The number of fused-ring (bicyclic) bond motifs is 1. The number of unbranched alkanes of at least 4 members (excludes halogenated alkanes) is 2. The second-order valence-corrected chi connectivity index (χ2v) is 5.07. The van der Waals surface area contributed by atoms with Gasteiger partial charge in [-0.2, -0.15) is 0 Å². The van der Waals surface area contributed by atoms with E-state index in [0.717, 1.165) is 35.3 Å². The summed E-state index contributed by atoms with van der Waals surface area (Å²) in [5.41, 5.74) is 10.8. The Kier molecular flexibility index (Phi) is 4.72. The highest BCUT2D eigenvalue weighted by molar-refractivity contribution is 5.78. The summed E-state index contributed by atoms with van der Waals surface area (Å²) in [6, 6.07) is 5.78. The molecule has 2 N–H and O–H groups in total. The van der Waals surface area contributed by atoms with Crippen LogP contribution in [-0.4, -0.2) is 9.97 Å². The van der Waals surface area contributed by atoms with Crippen LogP contribution in [0.15, 0.2) is 18.2 Å². The fourth-order valence-corrected chi connectivity index (χ4v) is 2.23. The summed E-state index contributed by atoms with van der Waals surface area (Å²) in [6.45, 7) is 4.42. The molecule has 102 valence electrons. The third-order valence-electron chi connectivity index (χ3n) is 3.38. The summed E-state index contributed by atoms with van der Waals surface area (Å²) in [6.07, 6.45) is 6.77. The first-order valence-corrected chi connectivity index (χ1v) is 7.29. The highest BCUT2D eigenvalue weighted by atomic mass is 14.8. The van der Waals surface area contributed by atoms with Gasteiger partial charge in [-0.25, -0.2) is 9.97 Å². The van der Waals surface area contributed by atoms with Gasteiger partial charge in [0, 0.05) is 5.69 Å². The molecule has 0 unspecified atom stereocenters. The molecule has 0 saturated carbocycles. The van der Waals surface area contributed by atoms with Crippen molar-refractivity contribution in [2.24, 2.45) is 0 Å². The quantitative estimate of drug-likeness (QED) is 0.798. The van der Waals surface area contributed by atoms with Gasteiger partial charge in [0.05, 0.1) is 22.4 Å². The molecule has 2 aromatic rings. The van der Waals surface area contributed by atoms with Crippen molar-refractivity contribution in [3.63, 3.8) is 0 Å². The zero-order valence-corrected chi connectivity index (χ0v) is 11.9. The second-order valence-electron chi connectivity index (χ2n) is 5.07. The number of nitrogens with two attached hydrogens (primary N) is 1. The van der Waals surface area contributed by atoms with Gasteiger partial charge in [0.15, 0.2) is 0 Å². The molecule has 3 nitrogen and oxygen atoms in total. The number of benzene rings is 1. The number of rotatable bonds is 6. The van der Waals surface area contributed by atoms with E-state index in [-0.39, 0.29) is 0 Å². The Hall–Kier alpha value is -1.64. The minimum Gasteiger partial charge on any atom is -0.399 e. The Labute approximate surface area is 115 Å². The van der Waals surface area contributed by atoms with Crippen LogP contribution in [0.5, 0.6) is 0 Å². The van der Waals surface area contributed by atoms with Gasteiger partial charge in [-0.15, -0.1) is 0 Å². The van der Waals surface area contributed by atoms with Crippen molar-refractivity contribution in [2.45, 2.75) is 52.4 Å². The number of hydrogen-bond donors (Lipinski definition) is 1. The molecule has 0 saturated heterocycles. The molecule has 0 spiro atoms. The summed E-state index contributed by atoms with van der Waals surface area (Å²) in [5, 5.41) is 0. The minimum atomic E-state index is 0.754. The van der Waals surface area contributed by atoms with E-state index in [4.69, 9.17) is 15.7 Å². The first-order valence-electron chi connectivity index (χ1n) is 7.29. The lowest BCUT2D eigenvalue weighted by molar-refractivity contribution is 0.729. The molecule has 0 atom stereocenters. The molecule has 1 aromatic carbocycles. The number of nitrogen functional groups attached to an aromatic ring is 1. The Morgan fingerprint density at radius 3 is 2.05 bits per heavy atom. The molecule has 1 heterocycles. The van der Waals surface area contributed by atoms with Crippen LogP contribution >= 0.6 is 0 Å². The van der Waals surface area contributed by atoms with E-state index >= 15 is 0 Å². The molecule has 0 aliphatic rings. The SMILES string of the molecule is CCCCc1nc2ccc(N)cc2nc1CCCC. The first-order chi connectivity index (χ1) is 9.24. The maximum Gasteiger partial charge on any atom is 0.0910 e. The molecule has 0 fully saturated rings. The van der Waals surface area contributed by atoms with Gasteiger partial charge in [0.25, 0.3) is 0 Å². The van der Waals surface area contributed by atoms with Crippen LogP contribution in [0.25, 0.3) is 11.0 Å². The monoisotopic (exact) mass is 257 g/mol. The fraction of sp³-hybridized carbons (Fsp3) is 0.500. The van der Waals surface area contributed by atoms with Crippen molar-refractivity contribution in [1.82, 2.24) is 9.97 Å². The molecule has 0 radical (unpaired) electrons. The maximum absolute atomic E-state index is 5.82. The summed E-state index contributed by atoms with van der Waals surface area (Å²) < 4.78 is 0. The third kappa shape index (κ3) is 3.43. The maximum atomic E-state index is 5.82. The zero-order chi connectivity index (χ0) is 13.7. The van der Waals surface area contributed by atoms with E-state index in [0.29, 0.717) is 0 Å². The highest BCUT2D eigenvalue weighted by Crippen LogP contribution is 2.18. The molecular formula is C16H23N3. The Balaban J connectivity index is 2.40. The summed E-state index contributed by atoms with van der Waals surface area (Å²) >= 11 is 0. The smallest absolute Gasteiger partial charge is 0.0910 e. The van der Waals surface area contributed by atoms with Crippen LogP contribution < -0.4 is 5.73 Å². The first kappa shape index (κ1) is 13.8.